The van der Waals surface area contributed by atoms with Gasteiger partial charge in [0.2, 0.25) is 0 Å². The highest BCUT2D eigenvalue weighted by atomic mass is 28.5. The van der Waals surface area contributed by atoms with Crippen LogP contribution in [0.15, 0.2) is 0 Å². The predicted molar refractivity (Wildman–Crippen MR) is 107 cm³/mol. The van der Waals surface area contributed by atoms with Gasteiger partial charge in [0, 0.05) is 0 Å². The van der Waals surface area contributed by atoms with E-state index >= 15 is 0 Å². The molecule has 0 amide bonds. The second-order valence-electron chi connectivity index (χ2n) is 5.99. The van der Waals surface area contributed by atoms with Crippen LogP contribution in [0.2, 0.25) is 24.2 Å². The van der Waals surface area contributed by atoms with Crippen LogP contribution in [0.4, 0.5) is 0 Å². The van der Waals surface area contributed by atoms with Gasteiger partial charge in [-0.2, -0.15) is 0 Å². The molecular weight excluding hydrogens is 377 g/mol. The molecule has 0 aromatic carbocycles. The van der Waals surface area contributed by atoms with Crippen LogP contribution < -0.4 is 22.9 Å². The van der Waals surface area contributed by atoms with E-state index in [1.165, 1.54) is 0 Å². The van der Waals surface area contributed by atoms with E-state index in [2.05, 4.69) is 0 Å². The Bertz CT molecular complexity index is 248. The van der Waals surface area contributed by atoms with Crippen molar-refractivity contribution in [2.24, 2.45) is 22.9 Å². The van der Waals surface area contributed by atoms with Crippen molar-refractivity contribution in [3.8, 4) is 0 Å². The quantitative estimate of drug-likeness (QED) is 0.279. The van der Waals surface area contributed by atoms with Crippen molar-refractivity contribution in [3.05, 3.63) is 0 Å². The van der Waals surface area contributed by atoms with Crippen molar-refractivity contribution in [3.63, 3.8) is 0 Å². The summed E-state index contributed by atoms with van der Waals surface area (Å²) in [6.07, 6.45) is 3.73. The first kappa shape index (κ1) is 22.6. The highest BCUT2D eigenvalue weighted by molar-refractivity contribution is 6.73. The van der Waals surface area contributed by atoms with Gasteiger partial charge in [-0.05, 0) is 76.0 Å². The summed E-state index contributed by atoms with van der Waals surface area (Å²) in [4.78, 5) is 0. The maximum absolute atomic E-state index is 6.37. The molecule has 0 aromatic rings. The minimum Gasteiger partial charge on any atom is -0.420 e. The van der Waals surface area contributed by atoms with Crippen LogP contribution in [0, 0.1) is 0 Å². The Morgan fingerprint density at radius 3 is 0.792 bits per heavy atom. The topological polar surface area (TPSA) is 141 Å². The molecule has 0 aliphatic carbocycles. The van der Waals surface area contributed by atoms with E-state index in [1.807, 2.05) is 0 Å². The summed E-state index contributed by atoms with van der Waals surface area (Å²) in [5.41, 5.74) is 22.6. The molecule has 0 saturated carbocycles. The molecular formula is C12H36N4O4Si4. The van der Waals surface area contributed by atoms with Crippen molar-refractivity contribution in [1.29, 1.82) is 0 Å². The first-order chi connectivity index (χ1) is 11.7. The van der Waals surface area contributed by atoms with E-state index in [0.29, 0.717) is 26.2 Å². The molecule has 24 heavy (non-hydrogen) atoms. The molecule has 0 unspecified atom stereocenters. The lowest BCUT2D eigenvalue weighted by Gasteiger charge is -2.34. The fourth-order valence-corrected chi connectivity index (χ4v) is 17.9. The second-order valence-corrected chi connectivity index (χ2v) is 16.1. The fraction of sp³-hybridized carbons (Fsp3) is 1.00. The van der Waals surface area contributed by atoms with Gasteiger partial charge in [0.25, 0.3) is 0 Å². The van der Waals surface area contributed by atoms with Crippen LogP contribution in [0.5, 0.6) is 0 Å². The maximum Gasteiger partial charge on any atom is 0.303 e. The van der Waals surface area contributed by atoms with E-state index < -0.39 is 37.1 Å². The molecule has 1 saturated heterocycles. The average molecular weight is 413 g/mol. The summed E-state index contributed by atoms with van der Waals surface area (Å²) in [6, 6.07) is 3.71. The Kier molecular flexibility index (Phi) is 13.8. The second kappa shape index (κ2) is 14.7. The van der Waals surface area contributed by atoms with Gasteiger partial charge in [-0.3, -0.25) is 0 Å². The summed E-state index contributed by atoms with van der Waals surface area (Å²) in [6.45, 7) is 2.65. The van der Waals surface area contributed by atoms with E-state index in [9.17, 15) is 0 Å². The summed E-state index contributed by atoms with van der Waals surface area (Å²) >= 11 is 0. The Hall–Kier alpha value is 0.548. The van der Waals surface area contributed by atoms with E-state index in [4.69, 9.17) is 39.4 Å². The molecule has 0 aromatic heterocycles. The third-order valence-electron chi connectivity index (χ3n) is 3.79. The molecule has 0 atom stereocenters. The first-order valence-electron chi connectivity index (χ1n) is 9.15. The summed E-state index contributed by atoms with van der Waals surface area (Å²) in [7, 11) is -7.06. The molecule has 8 nitrogen and oxygen atoms in total. The summed E-state index contributed by atoms with van der Waals surface area (Å²) < 4.78 is 25.5. The third-order valence-corrected chi connectivity index (χ3v) is 17.0. The lowest BCUT2D eigenvalue weighted by atomic mass is 10.5. The van der Waals surface area contributed by atoms with Gasteiger partial charge >= 0.3 is 37.1 Å². The minimum atomic E-state index is -1.76. The van der Waals surface area contributed by atoms with E-state index in [-0.39, 0.29) is 0 Å². The third kappa shape index (κ3) is 9.88. The SMILES string of the molecule is NCCC[SiH]1O[SiH](CCCN)O[SiH](CCCN)O[SiH](CCCN)O1. The largest absolute Gasteiger partial charge is 0.420 e. The minimum absolute atomic E-state index is 0.663. The Labute approximate surface area is 152 Å². The van der Waals surface area contributed by atoms with E-state index in [1.54, 1.807) is 0 Å². The summed E-state index contributed by atoms with van der Waals surface area (Å²) in [5.74, 6) is 0. The highest BCUT2D eigenvalue weighted by Crippen LogP contribution is 2.19. The van der Waals surface area contributed by atoms with Crippen LogP contribution >= 0.6 is 0 Å². The number of hydrogen-bond donors (Lipinski definition) is 4. The first-order valence-corrected chi connectivity index (χ1v) is 16.2. The number of hydrogen-bond acceptors (Lipinski definition) is 8. The van der Waals surface area contributed by atoms with Crippen LogP contribution in [0.25, 0.3) is 0 Å². The maximum atomic E-state index is 6.37. The van der Waals surface area contributed by atoms with Crippen molar-refractivity contribution in [2.75, 3.05) is 26.2 Å². The number of nitrogens with two attached hydrogens (primary N) is 4. The molecule has 144 valence electrons. The van der Waals surface area contributed by atoms with Crippen LogP contribution in [-0.2, 0) is 16.5 Å². The summed E-state index contributed by atoms with van der Waals surface area (Å²) in [5, 5.41) is 0. The molecule has 0 spiro atoms. The monoisotopic (exact) mass is 412 g/mol. The van der Waals surface area contributed by atoms with Gasteiger partial charge in [0.15, 0.2) is 0 Å². The molecule has 0 radical (unpaired) electrons. The standard InChI is InChI=1S/C12H36N4O4Si4/c13-5-1-9-21-17-22(10-2-6-14)19-24(12-4-8-16)20-23(18-21)11-3-7-15/h21-24H,1-16H2. The lowest BCUT2D eigenvalue weighted by Crippen LogP contribution is -2.49. The van der Waals surface area contributed by atoms with Crippen LogP contribution in [0.3, 0.4) is 0 Å². The van der Waals surface area contributed by atoms with Gasteiger partial charge in [-0.15, -0.1) is 0 Å². The lowest BCUT2D eigenvalue weighted by molar-refractivity contribution is 0.277. The van der Waals surface area contributed by atoms with Crippen molar-refractivity contribution >= 4 is 37.1 Å². The van der Waals surface area contributed by atoms with Gasteiger partial charge in [-0.25, -0.2) is 0 Å². The number of rotatable bonds is 12. The highest BCUT2D eigenvalue weighted by Gasteiger charge is 2.33. The molecule has 0 bridgehead atoms. The van der Waals surface area contributed by atoms with Crippen LogP contribution in [-0.4, -0.2) is 63.3 Å². The van der Waals surface area contributed by atoms with Crippen molar-refractivity contribution in [2.45, 2.75) is 49.9 Å². The van der Waals surface area contributed by atoms with Crippen molar-refractivity contribution in [1.82, 2.24) is 0 Å². The molecule has 1 aliphatic rings. The molecule has 1 heterocycles. The zero-order chi connectivity index (χ0) is 17.6. The Morgan fingerprint density at radius 1 is 0.417 bits per heavy atom. The normalized spacial score (nSPS) is 28.5. The smallest absolute Gasteiger partial charge is 0.303 e. The molecule has 1 fully saturated rings. The molecule has 1 rings (SSSR count). The Morgan fingerprint density at radius 2 is 0.625 bits per heavy atom. The van der Waals surface area contributed by atoms with Gasteiger partial charge < -0.3 is 39.4 Å². The zero-order valence-corrected chi connectivity index (χ0v) is 19.4. The van der Waals surface area contributed by atoms with E-state index in [0.717, 1.165) is 49.9 Å². The van der Waals surface area contributed by atoms with Crippen LogP contribution in [0.1, 0.15) is 25.7 Å². The average Bonchev–Trinajstić information content (AvgIpc) is 2.57. The molecule has 12 heteroatoms. The van der Waals surface area contributed by atoms with Gasteiger partial charge in [-0.1, -0.05) is 0 Å². The Balaban J connectivity index is 2.70. The zero-order valence-electron chi connectivity index (χ0n) is 14.7. The van der Waals surface area contributed by atoms with Gasteiger partial charge in [0.1, 0.15) is 0 Å². The van der Waals surface area contributed by atoms with Gasteiger partial charge in [0.05, 0.1) is 0 Å². The fourth-order valence-electron chi connectivity index (χ4n) is 2.49. The van der Waals surface area contributed by atoms with Crippen molar-refractivity contribution < 1.29 is 16.5 Å². The molecule has 1 aliphatic heterocycles. The molecule has 8 N–H and O–H groups in total. The predicted octanol–water partition coefficient (Wildman–Crippen LogP) is -1.66.